The Morgan fingerprint density at radius 2 is 2.17 bits per heavy atom. The monoisotopic (exact) mass is 333 g/mol. The third-order valence-corrected chi connectivity index (χ3v) is 4.65. The van der Waals surface area contributed by atoms with Crippen molar-refractivity contribution in [2.24, 2.45) is 0 Å². The molecule has 1 N–H and O–H groups in total. The summed E-state index contributed by atoms with van der Waals surface area (Å²) in [7, 11) is 3.56. The van der Waals surface area contributed by atoms with Crippen LogP contribution in [0.1, 0.15) is 16.1 Å². The topological polar surface area (TPSA) is 63.7 Å². The van der Waals surface area contributed by atoms with Gasteiger partial charge in [-0.3, -0.25) is 4.79 Å². The molecule has 0 fully saturated rings. The minimum atomic E-state index is -0.191. The number of hydrogen-bond donors (Lipinski definition) is 1. The lowest BCUT2D eigenvalue weighted by atomic mass is 10.2. The standard InChI is InChI=1S/C16H19N3O3S/c1-10-14(15(17-2)23-18-10)16(20)19(3)8-11-9-21-12-6-4-5-7-13(12)22-11/h4-7,11,17H,8-9H2,1-3H3. The first-order chi connectivity index (χ1) is 11.1. The number of fused-ring (bicyclic) bond motifs is 1. The van der Waals surface area contributed by atoms with Crippen LogP contribution in [0.5, 0.6) is 11.5 Å². The van der Waals surface area contributed by atoms with E-state index < -0.39 is 0 Å². The van der Waals surface area contributed by atoms with Gasteiger partial charge in [0.15, 0.2) is 17.6 Å². The molecule has 0 spiro atoms. The number of rotatable bonds is 4. The van der Waals surface area contributed by atoms with Crippen molar-refractivity contribution in [3.63, 3.8) is 0 Å². The van der Waals surface area contributed by atoms with Crippen molar-refractivity contribution in [1.82, 2.24) is 9.27 Å². The van der Waals surface area contributed by atoms with E-state index in [9.17, 15) is 4.79 Å². The lowest BCUT2D eigenvalue weighted by Gasteiger charge is -2.29. The number of ether oxygens (including phenoxy) is 2. The molecule has 0 bridgehead atoms. The van der Waals surface area contributed by atoms with Crippen molar-refractivity contribution >= 4 is 22.4 Å². The highest BCUT2D eigenvalue weighted by Crippen LogP contribution is 2.31. The molecule has 1 atom stereocenters. The third-order valence-electron chi connectivity index (χ3n) is 3.70. The summed E-state index contributed by atoms with van der Waals surface area (Å²) in [6, 6.07) is 7.55. The molecule has 0 saturated heterocycles. The maximum Gasteiger partial charge on any atom is 0.258 e. The maximum absolute atomic E-state index is 12.7. The molecule has 1 amide bonds. The summed E-state index contributed by atoms with van der Waals surface area (Å²) in [5.41, 5.74) is 1.36. The lowest BCUT2D eigenvalue weighted by molar-refractivity contribution is 0.0521. The van der Waals surface area contributed by atoms with E-state index in [-0.39, 0.29) is 12.0 Å². The van der Waals surface area contributed by atoms with E-state index in [1.54, 1.807) is 19.0 Å². The number of amides is 1. The van der Waals surface area contributed by atoms with E-state index in [4.69, 9.17) is 9.47 Å². The largest absolute Gasteiger partial charge is 0.486 e. The molecule has 3 rings (SSSR count). The summed E-state index contributed by atoms with van der Waals surface area (Å²) >= 11 is 1.29. The number of para-hydroxylation sites is 2. The van der Waals surface area contributed by atoms with Crippen LogP contribution in [0.25, 0.3) is 0 Å². The first-order valence-electron chi connectivity index (χ1n) is 7.38. The van der Waals surface area contributed by atoms with Gasteiger partial charge in [0.1, 0.15) is 11.6 Å². The van der Waals surface area contributed by atoms with E-state index >= 15 is 0 Å². The second-order valence-electron chi connectivity index (χ2n) is 5.41. The number of anilines is 1. The molecule has 7 heteroatoms. The smallest absolute Gasteiger partial charge is 0.258 e. The highest BCUT2D eigenvalue weighted by Gasteiger charge is 2.26. The van der Waals surface area contributed by atoms with Crippen molar-refractivity contribution in [3.05, 3.63) is 35.5 Å². The zero-order chi connectivity index (χ0) is 16.4. The van der Waals surface area contributed by atoms with Gasteiger partial charge in [0.2, 0.25) is 0 Å². The molecule has 1 aromatic carbocycles. The normalized spacial score (nSPS) is 16.0. The minimum Gasteiger partial charge on any atom is -0.486 e. The number of aromatic nitrogens is 1. The van der Waals surface area contributed by atoms with Crippen molar-refractivity contribution in [2.45, 2.75) is 13.0 Å². The van der Waals surface area contributed by atoms with Gasteiger partial charge in [0.05, 0.1) is 17.8 Å². The molecule has 6 nitrogen and oxygen atoms in total. The molecule has 1 aliphatic rings. The number of benzene rings is 1. The van der Waals surface area contributed by atoms with E-state index in [0.717, 1.165) is 16.4 Å². The average molecular weight is 333 g/mol. The van der Waals surface area contributed by atoms with Crippen molar-refractivity contribution < 1.29 is 14.3 Å². The summed E-state index contributed by atoms with van der Waals surface area (Å²) in [6.07, 6.45) is -0.191. The van der Waals surface area contributed by atoms with Gasteiger partial charge in [-0.2, -0.15) is 4.37 Å². The molecule has 1 unspecified atom stereocenters. The molecule has 2 heterocycles. The van der Waals surface area contributed by atoms with Crippen LogP contribution in [0.2, 0.25) is 0 Å². The molecule has 2 aromatic rings. The predicted octanol–water partition coefficient (Wildman–Crippen LogP) is 2.41. The number of likely N-dealkylation sites (N-methyl/N-ethyl adjacent to an activating group) is 1. The van der Waals surface area contributed by atoms with E-state index in [1.165, 1.54) is 11.5 Å². The fourth-order valence-electron chi connectivity index (χ4n) is 2.52. The number of carbonyl (C=O) groups is 1. The van der Waals surface area contributed by atoms with Crippen molar-refractivity contribution in [3.8, 4) is 11.5 Å². The Labute approximate surface area is 139 Å². The van der Waals surface area contributed by atoms with Crippen LogP contribution in [0.15, 0.2) is 24.3 Å². The average Bonchev–Trinajstić information content (AvgIpc) is 2.94. The minimum absolute atomic E-state index is 0.0666. The molecule has 23 heavy (non-hydrogen) atoms. The van der Waals surface area contributed by atoms with Crippen LogP contribution in [0, 0.1) is 6.92 Å². The molecule has 1 aromatic heterocycles. The summed E-state index contributed by atoms with van der Waals surface area (Å²) in [5, 5.41) is 3.80. The first kappa shape index (κ1) is 15.6. The SMILES string of the molecule is CNc1snc(C)c1C(=O)N(C)CC1COc2ccccc2O1. The van der Waals surface area contributed by atoms with Gasteiger partial charge in [-0.25, -0.2) is 0 Å². The molecule has 1 aliphatic heterocycles. The maximum atomic E-state index is 12.7. The third kappa shape index (κ3) is 3.10. The quantitative estimate of drug-likeness (QED) is 0.931. The highest BCUT2D eigenvalue weighted by atomic mass is 32.1. The van der Waals surface area contributed by atoms with E-state index in [2.05, 4.69) is 9.69 Å². The van der Waals surface area contributed by atoms with Crippen LogP contribution < -0.4 is 14.8 Å². The first-order valence-corrected chi connectivity index (χ1v) is 8.15. The zero-order valence-corrected chi connectivity index (χ0v) is 14.1. The number of nitrogens with zero attached hydrogens (tertiary/aromatic N) is 2. The molecule has 0 saturated carbocycles. The van der Waals surface area contributed by atoms with Gasteiger partial charge in [0, 0.05) is 14.1 Å². The van der Waals surface area contributed by atoms with Gasteiger partial charge in [-0.1, -0.05) is 12.1 Å². The summed E-state index contributed by atoms with van der Waals surface area (Å²) in [6.45, 7) is 2.72. The number of carbonyl (C=O) groups excluding carboxylic acids is 1. The molecule has 122 valence electrons. The Kier molecular flexibility index (Phi) is 4.38. The summed E-state index contributed by atoms with van der Waals surface area (Å²) in [5.74, 6) is 1.39. The lowest BCUT2D eigenvalue weighted by Crippen LogP contribution is -2.42. The predicted molar refractivity (Wildman–Crippen MR) is 89.7 cm³/mol. The van der Waals surface area contributed by atoms with Gasteiger partial charge in [-0.05, 0) is 30.6 Å². The van der Waals surface area contributed by atoms with Crippen LogP contribution >= 0.6 is 11.5 Å². The molecular formula is C16H19N3O3S. The Morgan fingerprint density at radius 3 is 2.91 bits per heavy atom. The van der Waals surface area contributed by atoms with Crippen LogP contribution in [0.4, 0.5) is 5.00 Å². The second-order valence-corrected chi connectivity index (χ2v) is 6.18. The van der Waals surface area contributed by atoms with Crippen LogP contribution in [0.3, 0.4) is 0 Å². The second kappa shape index (κ2) is 6.45. The zero-order valence-electron chi connectivity index (χ0n) is 13.3. The Hall–Kier alpha value is -2.28. The number of aryl methyl sites for hydroxylation is 1. The van der Waals surface area contributed by atoms with Gasteiger partial charge >= 0.3 is 0 Å². The number of hydrogen-bond acceptors (Lipinski definition) is 6. The fraction of sp³-hybridized carbons (Fsp3) is 0.375. The Bertz CT molecular complexity index is 716. The number of nitrogens with one attached hydrogen (secondary N) is 1. The molecule has 0 aliphatic carbocycles. The Balaban J connectivity index is 1.69. The van der Waals surface area contributed by atoms with Crippen molar-refractivity contribution in [2.75, 3.05) is 32.6 Å². The molecule has 0 radical (unpaired) electrons. The van der Waals surface area contributed by atoms with Gasteiger partial charge in [-0.15, -0.1) is 0 Å². The van der Waals surface area contributed by atoms with E-state index in [0.29, 0.717) is 24.5 Å². The van der Waals surface area contributed by atoms with Gasteiger partial charge < -0.3 is 19.7 Å². The fourth-order valence-corrected chi connectivity index (χ4v) is 3.26. The van der Waals surface area contributed by atoms with E-state index in [1.807, 2.05) is 31.2 Å². The summed E-state index contributed by atoms with van der Waals surface area (Å²) in [4.78, 5) is 14.3. The van der Waals surface area contributed by atoms with Crippen molar-refractivity contribution in [1.29, 1.82) is 0 Å². The van der Waals surface area contributed by atoms with Gasteiger partial charge in [0.25, 0.3) is 5.91 Å². The summed E-state index contributed by atoms with van der Waals surface area (Å²) < 4.78 is 15.8. The van der Waals surface area contributed by atoms with Crippen LogP contribution in [-0.4, -0.2) is 48.5 Å². The Morgan fingerprint density at radius 1 is 1.43 bits per heavy atom. The van der Waals surface area contributed by atoms with Crippen LogP contribution in [-0.2, 0) is 0 Å². The molecular weight excluding hydrogens is 314 g/mol. The highest BCUT2D eigenvalue weighted by molar-refractivity contribution is 7.10.